The lowest BCUT2D eigenvalue weighted by molar-refractivity contribution is 0.487. The summed E-state index contributed by atoms with van der Waals surface area (Å²) in [5.74, 6) is -1.04. The van der Waals surface area contributed by atoms with Gasteiger partial charge in [-0.05, 0) is 64.4 Å². The average molecular weight is 481 g/mol. The van der Waals surface area contributed by atoms with Crippen molar-refractivity contribution in [3.05, 3.63) is 127 Å². The van der Waals surface area contributed by atoms with Gasteiger partial charge in [0.05, 0.1) is 39.8 Å². The zero-order valence-corrected chi connectivity index (χ0v) is 17.9. The monoisotopic (exact) mass is 480 g/mol. The van der Waals surface area contributed by atoms with Gasteiger partial charge >= 0.3 is 0 Å². The molecule has 36 heavy (non-hydrogen) atoms. The molecule has 0 spiro atoms. The molecule has 7 aromatic rings. The van der Waals surface area contributed by atoms with E-state index in [-0.39, 0.29) is 16.3 Å². The van der Waals surface area contributed by atoms with Crippen molar-refractivity contribution in [3.8, 4) is 39.4 Å². The number of hydrogen-bond acceptors (Lipinski definition) is 1. The van der Waals surface area contributed by atoms with E-state index < -0.39 is 183 Å². The molecule has 0 radical (unpaired) electrons. The fourth-order valence-corrected chi connectivity index (χ4v) is 4.29. The summed E-state index contributed by atoms with van der Waals surface area (Å²) >= 11 is 0. The van der Waals surface area contributed by atoms with Crippen molar-refractivity contribution in [2.75, 3.05) is 0 Å². The molecule has 6 aromatic carbocycles. The molecule has 8 rings (SSSR count). The highest BCUT2D eigenvalue weighted by atomic mass is 16.5. The summed E-state index contributed by atoms with van der Waals surface area (Å²) in [6, 6.07) is -16.5. The first-order chi connectivity index (χ1) is 26.6. The number of fused-ring (bicyclic) bond motifs is 5. The number of nitrogens with zero attached hydrogens (tertiary/aromatic N) is 1. The molecule has 0 N–H and O–H groups in total. The Bertz CT molecular complexity index is 3080. The van der Waals surface area contributed by atoms with Gasteiger partial charge in [-0.15, -0.1) is 0 Å². The van der Waals surface area contributed by atoms with Gasteiger partial charge < -0.3 is 9.30 Å². The highest BCUT2D eigenvalue weighted by Crippen LogP contribution is 2.47. The van der Waals surface area contributed by atoms with Crippen LogP contribution in [0.3, 0.4) is 0 Å². The minimum Gasteiger partial charge on any atom is -0.456 e. The van der Waals surface area contributed by atoms with Crippen LogP contribution >= 0.6 is 0 Å². The second kappa shape index (κ2) is 7.34. The fourth-order valence-electron chi connectivity index (χ4n) is 4.29. The number of para-hydroxylation sites is 2. The number of benzene rings is 6. The van der Waals surface area contributed by atoms with Crippen LogP contribution in [0.5, 0.6) is 11.5 Å². The van der Waals surface area contributed by atoms with Gasteiger partial charge in [0.15, 0.2) is 0 Å². The van der Waals surface area contributed by atoms with E-state index in [2.05, 4.69) is 0 Å². The molecule has 0 atom stereocenters. The predicted molar refractivity (Wildman–Crippen MR) is 149 cm³/mol. The summed E-state index contributed by atoms with van der Waals surface area (Å²) in [6.07, 6.45) is 0. The van der Waals surface area contributed by atoms with E-state index >= 15 is 0 Å². The van der Waals surface area contributed by atoms with E-state index in [1.807, 2.05) is 0 Å². The molecule has 168 valence electrons. The van der Waals surface area contributed by atoms with Crippen molar-refractivity contribution in [1.82, 2.24) is 4.57 Å². The van der Waals surface area contributed by atoms with Crippen molar-refractivity contribution in [2.45, 2.75) is 0 Å². The summed E-state index contributed by atoms with van der Waals surface area (Å²) in [6.45, 7) is 0. The SMILES string of the molecule is [2H]c1c([2H])c([2H])c(-n2c3c([2H])c([2H])c([2H])c([2H])c3c3c([2H])c([2H])c(-c4c([2H])c([2H])c5c(c4[2H])-c4c([2H])c([2H])c([2H])c6c([2H])c([2H])c([2H])c(c46)O5)c([2H])c32)c([2H])c1[2H]. The zero-order valence-electron chi connectivity index (χ0n) is 38.9. The van der Waals surface area contributed by atoms with Crippen molar-refractivity contribution < 1.29 is 33.5 Å². The Morgan fingerprint density at radius 1 is 0.528 bits per heavy atom. The Labute approximate surface area is 238 Å². The minimum atomic E-state index is -0.877. The molecule has 0 aliphatic carbocycles. The molecule has 0 saturated carbocycles. The summed E-state index contributed by atoms with van der Waals surface area (Å²) in [4.78, 5) is 0. The van der Waals surface area contributed by atoms with Gasteiger partial charge in [0, 0.05) is 27.4 Å². The first-order valence-corrected chi connectivity index (χ1v) is 10.6. The van der Waals surface area contributed by atoms with E-state index in [0.29, 0.717) is 0 Å². The molecule has 2 heteroatoms. The summed E-state index contributed by atoms with van der Waals surface area (Å²) in [5.41, 5.74) is -3.97. The number of hydrogen-bond donors (Lipinski definition) is 0. The van der Waals surface area contributed by atoms with Crippen LogP contribution < -0.4 is 4.74 Å². The summed E-state index contributed by atoms with van der Waals surface area (Å²) in [7, 11) is 0. The Morgan fingerprint density at radius 2 is 1.28 bits per heavy atom. The van der Waals surface area contributed by atoms with E-state index in [4.69, 9.17) is 28.0 Å². The first-order valence-electron chi connectivity index (χ1n) is 21.1. The Balaban J connectivity index is 1.62. The summed E-state index contributed by atoms with van der Waals surface area (Å²) < 4.78 is 190. The third kappa shape index (κ3) is 2.73. The first kappa shape index (κ1) is 8.11. The van der Waals surface area contributed by atoms with Crippen molar-refractivity contribution in [2.24, 2.45) is 0 Å². The topological polar surface area (TPSA) is 14.2 Å². The Morgan fingerprint density at radius 3 is 2.19 bits per heavy atom. The van der Waals surface area contributed by atoms with Gasteiger partial charge in [-0.1, -0.05) is 84.6 Å². The largest absolute Gasteiger partial charge is 0.456 e. The van der Waals surface area contributed by atoms with Crippen LogP contribution in [-0.4, -0.2) is 4.57 Å². The number of aromatic nitrogens is 1. The Kier molecular flexibility index (Phi) is 1.65. The van der Waals surface area contributed by atoms with E-state index in [0.717, 1.165) is 4.57 Å². The molecular weight excluding hydrogens is 438 g/mol. The maximum Gasteiger partial charge on any atom is 0.135 e. The maximum atomic E-state index is 9.58. The predicted octanol–water partition coefficient (Wildman–Crippen LogP) is 9.38. The second-order valence-electron chi connectivity index (χ2n) is 7.77. The molecular formula is C34H21NO. The van der Waals surface area contributed by atoms with Gasteiger partial charge in [0.2, 0.25) is 0 Å². The smallest absolute Gasteiger partial charge is 0.135 e. The molecule has 2 heterocycles. The Hall–Kier alpha value is -4.82. The van der Waals surface area contributed by atoms with Crippen LogP contribution in [0.4, 0.5) is 0 Å². The van der Waals surface area contributed by atoms with Gasteiger partial charge in [0.1, 0.15) is 11.5 Å². The van der Waals surface area contributed by atoms with Crippen LogP contribution in [0.15, 0.2) is 127 Å². The molecule has 2 nitrogen and oxygen atoms in total. The van der Waals surface area contributed by atoms with Crippen LogP contribution in [-0.2, 0) is 0 Å². The van der Waals surface area contributed by atoms with E-state index in [1.54, 1.807) is 0 Å². The molecule has 0 bridgehead atoms. The van der Waals surface area contributed by atoms with Gasteiger partial charge in [-0.2, -0.15) is 0 Å². The van der Waals surface area contributed by atoms with Gasteiger partial charge in [0.25, 0.3) is 0 Å². The third-order valence-electron chi connectivity index (χ3n) is 5.82. The molecule has 0 unspecified atom stereocenters. The lowest BCUT2D eigenvalue weighted by Gasteiger charge is -2.22. The quantitative estimate of drug-likeness (QED) is 0.240. The second-order valence-corrected chi connectivity index (χ2v) is 7.77. The lowest BCUT2D eigenvalue weighted by Crippen LogP contribution is -1.97. The molecule has 0 fully saturated rings. The normalized spacial score (nSPS) is 20.3. The molecule has 1 aliphatic heterocycles. The van der Waals surface area contributed by atoms with Crippen LogP contribution in [0, 0.1) is 0 Å². The lowest BCUT2D eigenvalue weighted by atomic mass is 9.92. The van der Waals surface area contributed by atoms with Crippen molar-refractivity contribution in [1.29, 1.82) is 0 Å². The number of rotatable bonds is 2. The highest BCUT2D eigenvalue weighted by molar-refractivity contribution is 6.10. The van der Waals surface area contributed by atoms with E-state index in [1.165, 1.54) is 0 Å². The van der Waals surface area contributed by atoms with Crippen LogP contribution in [0.25, 0.3) is 60.5 Å². The standard InChI is InChI=1S/C34H21NO/c1-2-10-25(11-3-1)35-30-14-5-4-12-26(30)27-18-16-24(21-31(27)35)23-17-19-32-29(20-23)28-13-6-8-22-9-7-15-33(36-32)34(22)28/h1-21H/i1D,2D,3D,4D,5D,6D,7D,8D,9D,10D,11D,12D,13D,14D,15D,16D,17D,18D,19D,20D,21D. The molecule has 1 aliphatic rings. The minimum absolute atomic E-state index is 0.269. The highest BCUT2D eigenvalue weighted by Gasteiger charge is 2.20. The van der Waals surface area contributed by atoms with Crippen molar-refractivity contribution in [3.63, 3.8) is 0 Å². The van der Waals surface area contributed by atoms with Crippen LogP contribution in [0.1, 0.15) is 28.8 Å². The van der Waals surface area contributed by atoms with Gasteiger partial charge in [-0.25, -0.2) is 0 Å². The number of ether oxygens (including phenoxy) is 1. The average Bonchev–Trinajstić information content (AvgIpc) is 3.53. The molecule has 0 amide bonds. The van der Waals surface area contributed by atoms with E-state index in [9.17, 15) is 5.48 Å². The van der Waals surface area contributed by atoms with Gasteiger partial charge in [-0.3, -0.25) is 0 Å². The molecule has 0 saturated heterocycles. The van der Waals surface area contributed by atoms with Crippen molar-refractivity contribution >= 4 is 32.6 Å². The molecule has 1 aromatic heterocycles. The zero-order chi connectivity index (χ0) is 41.9. The third-order valence-corrected chi connectivity index (χ3v) is 5.82. The fraction of sp³-hybridized carbons (Fsp3) is 0. The maximum absolute atomic E-state index is 9.58. The summed E-state index contributed by atoms with van der Waals surface area (Å²) in [5, 5.41) is -1.52. The van der Waals surface area contributed by atoms with Crippen LogP contribution in [0.2, 0.25) is 0 Å².